The fourth-order valence-electron chi connectivity index (χ4n) is 1.53. The molecule has 0 spiro atoms. The molecule has 7 nitrogen and oxygen atoms in total. The first kappa shape index (κ1) is 15.9. The van der Waals surface area contributed by atoms with Crippen LogP contribution >= 0.6 is 34.4 Å². The Labute approximate surface area is 137 Å². The molecule has 0 aliphatic carbocycles. The number of thiazole rings is 1. The predicted octanol–water partition coefficient (Wildman–Crippen LogP) is 3.25. The zero-order chi connectivity index (χ0) is 16.6. The van der Waals surface area contributed by atoms with Crippen molar-refractivity contribution in [2.24, 2.45) is 0 Å². The van der Waals surface area contributed by atoms with E-state index >= 15 is 0 Å². The van der Waals surface area contributed by atoms with Crippen LogP contribution in [0.15, 0.2) is 20.7 Å². The summed E-state index contributed by atoms with van der Waals surface area (Å²) in [6.45, 7) is 0. The molecule has 23 heavy (non-hydrogen) atoms. The molecule has 0 fully saturated rings. The van der Waals surface area contributed by atoms with Gasteiger partial charge < -0.3 is 5.11 Å². The van der Waals surface area contributed by atoms with E-state index in [1.807, 2.05) is 0 Å². The largest absolute Gasteiger partial charge is 0.477 e. The van der Waals surface area contributed by atoms with Gasteiger partial charge in [-0.25, -0.2) is 9.78 Å². The average molecular weight is 379 g/mol. The van der Waals surface area contributed by atoms with Gasteiger partial charge >= 0.3 is 12.1 Å². The maximum Gasteiger partial charge on any atom is 0.435 e. The average Bonchev–Trinajstić information content (AvgIpc) is 3.17. The lowest BCUT2D eigenvalue weighted by Crippen LogP contribution is -2.11. The monoisotopic (exact) mass is 379 g/mol. The van der Waals surface area contributed by atoms with E-state index in [0.717, 1.165) is 11.8 Å². The number of aromatic amines is 1. The van der Waals surface area contributed by atoms with Gasteiger partial charge in [0.15, 0.2) is 10.0 Å². The van der Waals surface area contributed by atoms with Crippen molar-refractivity contribution in [1.82, 2.24) is 25.6 Å². The zero-order valence-corrected chi connectivity index (χ0v) is 13.1. The molecule has 0 saturated carbocycles. The molecule has 0 amide bonds. The normalized spacial score (nSPS) is 11.8. The highest BCUT2D eigenvalue weighted by molar-refractivity contribution is 8.02. The molecule has 0 unspecified atom stereocenters. The number of thiophene rings is 1. The number of halogens is 3. The highest BCUT2D eigenvalue weighted by Crippen LogP contribution is 2.42. The lowest BCUT2D eigenvalue weighted by atomic mass is 10.3. The summed E-state index contributed by atoms with van der Waals surface area (Å²) in [5.41, 5.74) is -1.38. The van der Waals surface area contributed by atoms with Crippen LogP contribution in [0.4, 0.5) is 13.2 Å². The number of carboxylic acid groups (broad SMARTS) is 1. The SMILES string of the molecule is O=C(O)c1sc(Sc2ccc(-c3nn[nH]n3)s2)nc1C(F)(F)F. The Kier molecular flexibility index (Phi) is 4.08. The van der Waals surface area contributed by atoms with E-state index in [0.29, 0.717) is 26.2 Å². The molecule has 0 aliphatic heterocycles. The standard InChI is InChI=1S/C10H4F3N5O2S3/c11-10(12,13)6-5(8(19)20)23-9(14-6)22-4-2-1-3(21-4)7-15-17-18-16-7/h1-2H,(H,19,20)(H,15,16,17,18). The Bertz CT molecular complexity index is 842. The van der Waals surface area contributed by atoms with Crippen LogP contribution in [0.2, 0.25) is 0 Å². The minimum Gasteiger partial charge on any atom is -0.477 e. The molecule has 0 saturated heterocycles. The Hall–Kier alpha value is -1.99. The number of aromatic carboxylic acids is 1. The maximum absolute atomic E-state index is 12.8. The second-order valence-corrected chi connectivity index (χ2v) is 7.55. The van der Waals surface area contributed by atoms with Gasteiger partial charge in [0.2, 0.25) is 5.82 Å². The number of H-pyrrole nitrogens is 1. The molecule has 0 bridgehead atoms. The van der Waals surface area contributed by atoms with Crippen molar-refractivity contribution in [3.63, 3.8) is 0 Å². The highest BCUT2D eigenvalue weighted by Gasteiger charge is 2.39. The lowest BCUT2D eigenvalue weighted by molar-refractivity contribution is -0.141. The third-order valence-electron chi connectivity index (χ3n) is 2.41. The van der Waals surface area contributed by atoms with E-state index in [-0.39, 0.29) is 4.34 Å². The van der Waals surface area contributed by atoms with Crippen molar-refractivity contribution in [3.8, 4) is 10.7 Å². The lowest BCUT2D eigenvalue weighted by Gasteiger charge is -2.02. The fourth-order valence-corrected chi connectivity index (χ4v) is 4.81. The first-order valence-corrected chi connectivity index (χ1v) is 8.12. The molecular weight excluding hydrogens is 375 g/mol. The van der Waals surface area contributed by atoms with Gasteiger partial charge in [-0.1, -0.05) is 11.3 Å². The third kappa shape index (κ3) is 3.35. The quantitative estimate of drug-likeness (QED) is 0.717. The van der Waals surface area contributed by atoms with Gasteiger partial charge in [-0.3, -0.25) is 0 Å². The Morgan fingerprint density at radius 2 is 2.09 bits per heavy atom. The highest BCUT2D eigenvalue weighted by atomic mass is 32.2. The van der Waals surface area contributed by atoms with Crippen molar-refractivity contribution in [2.75, 3.05) is 0 Å². The number of tetrazole rings is 1. The summed E-state index contributed by atoms with van der Waals surface area (Å²) in [7, 11) is 0. The van der Waals surface area contributed by atoms with Crippen molar-refractivity contribution in [1.29, 1.82) is 0 Å². The van der Waals surface area contributed by atoms with Crippen LogP contribution in [0, 0.1) is 0 Å². The number of carboxylic acids is 1. The van der Waals surface area contributed by atoms with Gasteiger partial charge in [0.1, 0.15) is 4.88 Å². The van der Waals surface area contributed by atoms with Crippen LogP contribution in [0.25, 0.3) is 10.7 Å². The number of aromatic nitrogens is 5. The van der Waals surface area contributed by atoms with E-state index < -0.39 is 22.7 Å². The first-order chi connectivity index (χ1) is 10.8. The molecule has 2 N–H and O–H groups in total. The summed E-state index contributed by atoms with van der Waals surface area (Å²) < 4.78 is 39.0. The van der Waals surface area contributed by atoms with E-state index in [9.17, 15) is 18.0 Å². The molecule has 0 atom stereocenters. The summed E-state index contributed by atoms with van der Waals surface area (Å²) >= 11 is 2.67. The third-order valence-corrected chi connectivity index (χ3v) is 5.72. The molecule has 0 aromatic carbocycles. The van der Waals surface area contributed by atoms with Crippen molar-refractivity contribution in [2.45, 2.75) is 14.7 Å². The Morgan fingerprint density at radius 1 is 1.30 bits per heavy atom. The number of nitrogens with one attached hydrogen (secondary N) is 1. The molecular formula is C10H4F3N5O2S3. The summed E-state index contributed by atoms with van der Waals surface area (Å²) in [5, 5.41) is 22.2. The molecule has 3 heterocycles. The first-order valence-electron chi connectivity index (χ1n) is 5.67. The summed E-state index contributed by atoms with van der Waals surface area (Å²) in [5.74, 6) is -1.29. The number of hydrogen-bond donors (Lipinski definition) is 2. The van der Waals surface area contributed by atoms with Crippen LogP contribution in [-0.4, -0.2) is 36.7 Å². The van der Waals surface area contributed by atoms with Crippen LogP contribution < -0.4 is 0 Å². The fraction of sp³-hybridized carbons (Fsp3) is 0.100. The minimum atomic E-state index is -4.81. The molecule has 3 aromatic rings. The molecule has 120 valence electrons. The zero-order valence-electron chi connectivity index (χ0n) is 10.7. The number of hydrogen-bond acceptors (Lipinski definition) is 8. The number of carbonyl (C=O) groups is 1. The smallest absolute Gasteiger partial charge is 0.435 e. The van der Waals surface area contributed by atoms with Crippen molar-refractivity contribution >= 4 is 40.4 Å². The predicted molar refractivity (Wildman–Crippen MR) is 75.7 cm³/mol. The van der Waals surface area contributed by atoms with Crippen molar-refractivity contribution in [3.05, 3.63) is 22.7 Å². The minimum absolute atomic E-state index is 0.00348. The van der Waals surface area contributed by atoms with E-state index in [4.69, 9.17) is 5.11 Å². The molecule has 0 aliphatic rings. The topological polar surface area (TPSA) is 105 Å². The second kappa shape index (κ2) is 5.90. The van der Waals surface area contributed by atoms with Crippen LogP contribution in [-0.2, 0) is 6.18 Å². The van der Waals surface area contributed by atoms with Crippen LogP contribution in [0.5, 0.6) is 0 Å². The van der Waals surface area contributed by atoms with Gasteiger partial charge in [-0.15, -0.1) is 21.5 Å². The molecule has 3 aromatic heterocycles. The molecule has 3 rings (SSSR count). The summed E-state index contributed by atoms with van der Waals surface area (Å²) in [6.07, 6.45) is -4.81. The summed E-state index contributed by atoms with van der Waals surface area (Å²) in [6, 6.07) is 3.35. The van der Waals surface area contributed by atoms with Gasteiger partial charge in [-0.2, -0.15) is 18.4 Å². The van der Waals surface area contributed by atoms with Gasteiger partial charge in [-0.05, 0) is 29.1 Å². The number of rotatable bonds is 4. The van der Waals surface area contributed by atoms with E-state index in [2.05, 4.69) is 25.6 Å². The van der Waals surface area contributed by atoms with Crippen molar-refractivity contribution < 1.29 is 23.1 Å². The molecule has 13 heteroatoms. The van der Waals surface area contributed by atoms with Gasteiger partial charge in [0, 0.05) is 0 Å². The van der Waals surface area contributed by atoms with Gasteiger partial charge in [0.05, 0.1) is 9.09 Å². The van der Waals surface area contributed by atoms with Crippen LogP contribution in [0.3, 0.4) is 0 Å². The van der Waals surface area contributed by atoms with E-state index in [1.54, 1.807) is 12.1 Å². The second-order valence-electron chi connectivity index (χ2n) is 3.92. The number of nitrogens with zero attached hydrogens (tertiary/aromatic N) is 4. The maximum atomic E-state index is 12.8. The van der Waals surface area contributed by atoms with Gasteiger partial charge in [0.25, 0.3) is 0 Å². The molecule has 0 radical (unpaired) electrons. The Morgan fingerprint density at radius 3 is 2.65 bits per heavy atom. The Balaban J connectivity index is 1.87. The van der Waals surface area contributed by atoms with Crippen LogP contribution in [0.1, 0.15) is 15.4 Å². The number of alkyl halides is 3. The van der Waals surface area contributed by atoms with E-state index in [1.165, 1.54) is 11.3 Å². The summed E-state index contributed by atoms with van der Waals surface area (Å²) in [4.78, 5) is 14.2.